The summed E-state index contributed by atoms with van der Waals surface area (Å²) in [5.41, 5.74) is 6.85. The number of hydrogen-bond donors (Lipinski definition) is 1. The number of anilines is 1. The summed E-state index contributed by atoms with van der Waals surface area (Å²) in [4.78, 5) is -0.186. The first-order chi connectivity index (χ1) is 9.71. The quantitative estimate of drug-likeness (QED) is 0.870. The van der Waals surface area contributed by atoms with Crippen LogP contribution in [-0.2, 0) is 16.6 Å². The third kappa shape index (κ3) is 3.06. The average molecular weight is 313 g/mol. The Morgan fingerprint density at radius 1 is 1.33 bits per heavy atom. The van der Waals surface area contributed by atoms with E-state index in [1.165, 1.54) is 13.1 Å². The van der Waals surface area contributed by atoms with E-state index >= 15 is 0 Å². The molecule has 2 rings (SSSR count). The summed E-state index contributed by atoms with van der Waals surface area (Å²) in [6.45, 7) is 3.52. The molecule has 114 valence electrons. The maximum absolute atomic E-state index is 13.3. The molecule has 8 heteroatoms. The van der Waals surface area contributed by atoms with Gasteiger partial charge in [-0.2, -0.15) is 4.31 Å². The zero-order valence-electron chi connectivity index (χ0n) is 11.9. The molecule has 1 aromatic carbocycles. The molecule has 0 aliphatic carbocycles. The van der Waals surface area contributed by atoms with Crippen molar-refractivity contribution >= 4 is 15.7 Å². The Hall–Kier alpha value is -1.93. The number of nitrogen functional groups attached to an aromatic ring is 1. The summed E-state index contributed by atoms with van der Waals surface area (Å²) in [6, 6.07) is 3.23. The molecule has 0 aliphatic rings. The van der Waals surface area contributed by atoms with Crippen molar-refractivity contribution in [2.24, 2.45) is 0 Å². The van der Waals surface area contributed by atoms with Gasteiger partial charge in [0.1, 0.15) is 11.6 Å². The molecule has 0 radical (unpaired) electrons. The summed E-state index contributed by atoms with van der Waals surface area (Å²) in [6.07, 6.45) is 0. The lowest BCUT2D eigenvalue weighted by Crippen LogP contribution is -2.27. The highest BCUT2D eigenvalue weighted by Gasteiger charge is 2.24. The number of aryl methyl sites for hydroxylation is 2. The van der Waals surface area contributed by atoms with Crippen molar-refractivity contribution in [3.8, 4) is 0 Å². The van der Waals surface area contributed by atoms with Crippen LogP contribution in [0.3, 0.4) is 0 Å². The molecule has 0 amide bonds. The maximum Gasteiger partial charge on any atom is 0.243 e. The lowest BCUT2D eigenvalue weighted by atomic mass is 10.2. The minimum absolute atomic E-state index is 0.0549. The Labute approximate surface area is 122 Å². The molecule has 1 heterocycles. The largest absolute Gasteiger partial charge is 0.399 e. The number of halogens is 1. The normalized spacial score (nSPS) is 12.0. The van der Waals surface area contributed by atoms with Gasteiger partial charge in [-0.1, -0.05) is 5.16 Å². The van der Waals surface area contributed by atoms with Crippen molar-refractivity contribution in [2.75, 3.05) is 12.8 Å². The van der Waals surface area contributed by atoms with E-state index in [2.05, 4.69) is 5.16 Å². The van der Waals surface area contributed by atoms with Gasteiger partial charge in [0.15, 0.2) is 0 Å². The van der Waals surface area contributed by atoms with Gasteiger partial charge in [-0.3, -0.25) is 0 Å². The summed E-state index contributed by atoms with van der Waals surface area (Å²) < 4.78 is 44.3. The van der Waals surface area contributed by atoms with Crippen LogP contribution in [0, 0.1) is 19.7 Å². The second-order valence-electron chi connectivity index (χ2n) is 4.78. The van der Waals surface area contributed by atoms with Crippen molar-refractivity contribution in [1.29, 1.82) is 0 Å². The van der Waals surface area contributed by atoms with Crippen LogP contribution >= 0.6 is 0 Å². The van der Waals surface area contributed by atoms with E-state index in [-0.39, 0.29) is 17.1 Å². The van der Waals surface area contributed by atoms with Crippen LogP contribution < -0.4 is 5.73 Å². The molecule has 1 aromatic heterocycles. The van der Waals surface area contributed by atoms with E-state index in [0.717, 1.165) is 16.4 Å². The van der Waals surface area contributed by atoms with Gasteiger partial charge in [-0.05, 0) is 32.0 Å². The van der Waals surface area contributed by atoms with Gasteiger partial charge in [0, 0.05) is 24.8 Å². The standard InChI is InChI=1S/C13H16FN3O3S/c1-8-13(9(2)20-16-8)7-17(3)21(18,19)12-5-10(14)4-11(15)6-12/h4-6H,7,15H2,1-3H3. The number of nitrogens with two attached hydrogens (primary N) is 1. The maximum atomic E-state index is 13.3. The predicted molar refractivity (Wildman–Crippen MR) is 75.4 cm³/mol. The second-order valence-corrected chi connectivity index (χ2v) is 6.83. The zero-order valence-corrected chi connectivity index (χ0v) is 12.7. The van der Waals surface area contributed by atoms with Crippen molar-refractivity contribution in [2.45, 2.75) is 25.3 Å². The highest BCUT2D eigenvalue weighted by atomic mass is 32.2. The first-order valence-corrected chi connectivity index (χ1v) is 7.60. The molecular formula is C13H16FN3O3S. The Bertz CT molecular complexity index is 731. The smallest absolute Gasteiger partial charge is 0.243 e. The Morgan fingerprint density at radius 3 is 2.52 bits per heavy atom. The molecule has 0 aliphatic heterocycles. The molecule has 0 fully saturated rings. The molecule has 2 N–H and O–H groups in total. The fraction of sp³-hybridized carbons (Fsp3) is 0.308. The fourth-order valence-electron chi connectivity index (χ4n) is 1.95. The molecule has 21 heavy (non-hydrogen) atoms. The second kappa shape index (κ2) is 5.45. The highest BCUT2D eigenvalue weighted by molar-refractivity contribution is 7.89. The van der Waals surface area contributed by atoms with Crippen molar-refractivity contribution in [3.63, 3.8) is 0 Å². The van der Waals surface area contributed by atoms with Crippen LogP contribution in [0.15, 0.2) is 27.6 Å². The van der Waals surface area contributed by atoms with Gasteiger partial charge in [0.05, 0.1) is 10.6 Å². The molecule has 0 saturated heterocycles. The third-order valence-corrected chi connectivity index (χ3v) is 4.94. The van der Waals surface area contributed by atoms with Gasteiger partial charge >= 0.3 is 0 Å². The van der Waals surface area contributed by atoms with E-state index in [1.807, 2.05) is 0 Å². The summed E-state index contributed by atoms with van der Waals surface area (Å²) in [5.74, 6) is -0.146. The summed E-state index contributed by atoms with van der Waals surface area (Å²) >= 11 is 0. The van der Waals surface area contributed by atoms with Crippen LogP contribution in [0.25, 0.3) is 0 Å². The number of aromatic nitrogens is 1. The summed E-state index contributed by atoms with van der Waals surface area (Å²) in [7, 11) is -2.44. The number of sulfonamides is 1. The van der Waals surface area contributed by atoms with Crippen LogP contribution in [0.4, 0.5) is 10.1 Å². The predicted octanol–water partition coefficient (Wildman–Crippen LogP) is 1.83. The number of hydrogen-bond acceptors (Lipinski definition) is 5. The minimum atomic E-state index is -3.85. The molecule has 0 spiro atoms. The SMILES string of the molecule is Cc1noc(C)c1CN(C)S(=O)(=O)c1cc(N)cc(F)c1. The summed E-state index contributed by atoms with van der Waals surface area (Å²) in [5, 5.41) is 3.78. The van der Waals surface area contributed by atoms with E-state index in [4.69, 9.17) is 10.3 Å². The lowest BCUT2D eigenvalue weighted by molar-refractivity contribution is 0.390. The number of benzene rings is 1. The first kappa shape index (κ1) is 15.5. The molecule has 6 nitrogen and oxygen atoms in total. The minimum Gasteiger partial charge on any atom is -0.399 e. The van der Waals surface area contributed by atoms with Crippen molar-refractivity contribution in [3.05, 3.63) is 41.0 Å². The van der Waals surface area contributed by atoms with Crippen LogP contribution in [0.1, 0.15) is 17.0 Å². The van der Waals surface area contributed by atoms with Crippen LogP contribution in [-0.4, -0.2) is 24.9 Å². The van der Waals surface area contributed by atoms with Crippen LogP contribution in [0.2, 0.25) is 0 Å². The van der Waals surface area contributed by atoms with Gasteiger partial charge in [0.2, 0.25) is 10.0 Å². The van der Waals surface area contributed by atoms with Gasteiger partial charge in [0.25, 0.3) is 0 Å². The van der Waals surface area contributed by atoms with E-state index < -0.39 is 15.8 Å². The monoisotopic (exact) mass is 313 g/mol. The zero-order chi connectivity index (χ0) is 15.8. The lowest BCUT2D eigenvalue weighted by Gasteiger charge is -2.17. The fourth-order valence-corrected chi connectivity index (χ4v) is 3.15. The van der Waals surface area contributed by atoms with Crippen LogP contribution in [0.5, 0.6) is 0 Å². The molecule has 0 bridgehead atoms. The number of nitrogens with zero attached hydrogens (tertiary/aromatic N) is 2. The van der Waals surface area contributed by atoms with E-state index in [0.29, 0.717) is 17.0 Å². The van der Waals surface area contributed by atoms with Gasteiger partial charge in [-0.25, -0.2) is 12.8 Å². The van der Waals surface area contributed by atoms with E-state index in [1.54, 1.807) is 13.8 Å². The molecule has 2 aromatic rings. The average Bonchev–Trinajstić information content (AvgIpc) is 2.69. The Morgan fingerprint density at radius 2 is 2.00 bits per heavy atom. The molecule has 0 saturated carbocycles. The van der Waals surface area contributed by atoms with Gasteiger partial charge < -0.3 is 10.3 Å². The number of rotatable bonds is 4. The Balaban J connectivity index is 2.35. The van der Waals surface area contributed by atoms with E-state index in [9.17, 15) is 12.8 Å². The topological polar surface area (TPSA) is 89.4 Å². The molecular weight excluding hydrogens is 297 g/mol. The third-order valence-electron chi connectivity index (χ3n) is 3.16. The highest BCUT2D eigenvalue weighted by Crippen LogP contribution is 2.22. The first-order valence-electron chi connectivity index (χ1n) is 6.16. The van der Waals surface area contributed by atoms with Gasteiger partial charge in [-0.15, -0.1) is 0 Å². The van der Waals surface area contributed by atoms with Crippen molar-refractivity contribution < 1.29 is 17.3 Å². The molecule has 0 unspecified atom stereocenters. The Kier molecular flexibility index (Phi) is 4.02. The van der Waals surface area contributed by atoms with Crippen molar-refractivity contribution in [1.82, 2.24) is 9.46 Å². The molecule has 0 atom stereocenters.